The highest BCUT2D eigenvalue weighted by Gasteiger charge is 2.29. The van der Waals surface area contributed by atoms with Gasteiger partial charge < -0.3 is 16.2 Å². The predicted molar refractivity (Wildman–Crippen MR) is 58.4 cm³/mol. The molecular weight excluding hydrogens is 249 g/mol. The van der Waals surface area contributed by atoms with Crippen molar-refractivity contribution >= 4 is 5.91 Å². The Labute approximate surface area is 102 Å². The first-order valence-corrected chi connectivity index (χ1v) is 5.15. The normalized spacial score (nSPS) is 13.2. The second kappa shape index (κ2) is 5.83. The van der Waals surface area contributed by atoms with E-state index in [-0.39, 0.29) is 6.54 Å². The number of hydrogen-bond acceptors (Lipinski definition) is 3. The highest BCUT2D eigenvalue weighted by molar-refractivity contribution is 5.81. The van der Waals surface area contributed by atoms with Gasteiger partial charge in [0.1, 0.15) is 6.04 Å². The number of hydrogen-bond donors (Lipinski definition) is 3. The van der Waals surface area contributed by atoms with Crippen LogP contribution in [0.15, 0.2) is 24.3 Å². The minimum absolute atomic E-state index is 0.0602. The highest BCUT2D eigenvalue weighted by atomic mass is 19.4. The number of aliphatic hydroxyl groups excluding tert-OH is 1. The molecule has 1 unspecified atom stereocenters. The first kappa shape index (κ1) is 14.5. The van der Waals surface area contributed by atoms with Gasteiger partial charge in [0.25, 0.3) is 0 Å². The summed E-state index contributed by atoms with van der Waals surface area (Å²) in [5.41, 5.74) is 5.02. The molecular formula is C11H13F3N2O2. The Morgan fingerprint density at radius 2 is 1.89 bits per heavy atom. The average Bonchev–Trinajstić information content (AvgIpc) is 2.34. The molecule has 4 N–H and O–H groups in total. The van der Waals surface area contributed by atoms with Crippen molar-refractivity contribution in [2.24, 2.45) is 5.73 Å². The summed E-state index contributed by atoms with van der Waals surface area (Å²) in [6, 6.07) is 3.39. The molecule has 0 saturated heterocycles. The molecule has 1 atom stereocenters. The fourth-order valence-electron chi connectivity index (χ4n) is 1.21. The quantitative estimate of drug-likeness (QED) is 0.745. The lowest BCUT2D eigenvalue weighted by molar-refractivity contribution is -0.137. The molecule has 100 valence electrons. The van der Waals surface area contributed by atoms with E-state index in [4.69, 9.17) is 10.8 Å². The van der Waals surface area contributed by atoms with Crippen molar-refractivity contribution in [1.29, 1.82) is 0 Å². The Kier molecular flexibility index (Phi) is 4.69. The summed E-state index contributed by atoms with van der Waals surface area (Å²) in [4.78, 5) is 11.2. The summed E-state index contributed by atoms with van der Waals surface area (Å²) >= 11 is 0. The van der Waals surface area contributed by atoms with Gasteiger partial charge in [0.05, 0.1) is 12.2 Å². The number of carbonyl (C=O) groups is 1. The maximum atomic E-state index is 12.3. The lowest BCUT2D eigenvalue weighted by Gasteiger charge is -2.10. The van der Waals surface area contributed by atoms with Gasteiger partial charge in [-0.3, -0.25) is 4.79 Å². The summed E-state index contributed by atoms with van der Waals surface area (Å²) in [5.74, 6) is -0.558. The first-order chi connectivity index (χ1) is 8.34. The Morgan fingerprint density at radius 1 is 1.33 bits per heavy atom. The number of aliphatic hydroxyl groups is 1. The Balaban J connectivity index is 2.57. The third kappa shape index (κ3) is 4.01. The Morgan fingerprint density at radius 3 is 2.33 bits per heavy atom. The van der Waals surface area contributed by atoms with Gasteiger partial charge >= 0.3 is 6.18 Å². The van der Waals surface area contributed by atoms with Crippen molar-refractivity contribution in [2.45, 2.75) is 18.8 Å². The fourth-order valence-corrected chi connectivity index (χ4v) is 1.21. The summed E-state index contributed by atoms with van der Waals surface area (Å²) in [6.07, 6.45) is -4.37. The van der Waals surface area contributed by atoms with Crippen molar-refractivity contribution in [3.63, 3.8) is 0 Å². The number of halogens is 3. The molecule has 0 heterocycles. The molecule has 18 heavy (non-hydrogen) atoms. The number of carbonyl (C=O) groups excluding carboxylic acids is 1. The van der Waals surface area contributed by atoms with E-state index in [0.717, 1.165) is 12.1 Å². The van der Waals surface area contributed by atoms with E-state index in [1.807, 2.05) is 0 Å². The fraction of sp³-hybridized carbons (Fsp3) is 0.364. The summed E-state index contributed by atoms with van der Waals surface area (Å²) in [5, 5.41) is 11.0. The first-order valence-electron chi connectivity index (χ1n) is 5.15. The van der Waals surface area contributed by atoms with Crippen molar-refractivity contribution in [2.75, 3.05) is 6.61 Å². The molecule has 1 aromatic carbocycles. The van der Waals surface area contributed by atoms with Crippen LogP contribution in [0.2, 0.25) is 0 Å². The summed E-state index contributed by atoms with van der Waals surface area (Å²) < 4.78 is 36.8. The zero-order chi connectivity index (χ0) is 13.8. The maximum Gasteiger partial charge on any atom is 0.416 e. The molecule has 0 aliphatic heterocycles. The zero-order valence-electron chi connectivity index (χ0n) is 9.37. The van der Waals surface area contributed by atoms with Gasteiger partial charge in [-0.2, -0.15) is 13.2 Å². The van der Waals surface area contributed by atoms with Crippen molar-refractivity contribution in [3.8, 4) is 0 Å². The monoisotopic (exact) mass is 262 g/mol. The molecule has 0 spiro atoms. The van der Waals surface area contributed by atoms with Crippen LogP contribution in [-0.4, -0.2) is 23.7 Å². The van der Waals surface area contributed by atoms with E-state index in [1.165, 1.54) is 12.1 Å². The van der Waals surface area contributed by atoms with E-state index in [9.17, 15) is 18.0 Å². The molecule has 0 saturated carbocycles. The third-order valence-electron chi connectivity index (χ3n) is 2.28. The molecule has 0 aromatic heterocycles. The largest absolute Gasteiger partial charge is 0.416 e. The number of nitrogens with two attached hydrogens (primary N) is 1. The predicted octanol–water partition coefficient (Wildman–Crippen LogP) is 0.641. The van der Waals surface area contributed by atoms with Crippen LogP contribution >= 0.6 is 0 Å². The van der Waals surface area contributed by atoms with Crippen LogP contribution in [0.5, 0.6) is 0 Å². The Bertz CT molecular complexity index is 404. The molecule has 1 aromatic rings. The highest BCUT2D eigenvalue weighted by Crippen LogP contribution is 2.28. The lowest BCUT2D eigenvalue weighted by atomic mass is 10.1. The number of nitrogens with one attached hydrogen (secondary N) is 1. The van der Waals surface area contributed by atoms with Gasteiger partial charge in [0.15, 0.2) is 0 Å². The van der Waals surface area contributed by atoms with Crippen molar-refractivity contribution in [3.05, 3.63) is 35.4 Å². The van der Waals surface area contributed by atoms with Gasteiger partial charge in [0.2, 0.25) is 5.91 Å². The van der Waals surface area contributed by atoms with Crippen LogP contribution in [-0.2, 0) is 17.5 Å². The molecule has 0 aliphatic rings. The molecule has 0 fully saturated rings. The van der Waals surface area contributed by atoms with Crippen LogP contribution in [0.1, 0.15) is 11.1 Å². The second-order valence-corrected chi connectivity index (χ2v) is 3.70. The zero-order valence-corrected chi connectivity index (χ0v) is 9.37. The van der Waals surface area contributed by atoms with E-state index < -0.39 is 30.3 Å². The number of rotatable bonds is 4. The van der Waals surface area contributed by atoms with E-state index in [2.05, 4.69) is 5.32 Å². The molecule has 4 nitrogen and oxygen atoms in total. The van der Waals surface area contributed by atoms with Gasteiger partial charge in [-0.15, -0.1) is 0 Å². The van der Waals surface area contributed by atoms with Crippen LogP contribution in [0.25, 0.3) is 0 Å². The summed E-state index contributed by atoms with van der Waals surface area (Å²) in [7, 11) is 0. The van der Waals surface area contributed by atoms with Gasteiger partial charge in [-0.05, 0) is 17.7 Å². The average molecular weight is 262 g/mol. The van der Waals surface area contributed by atoms with Crippen LogP contribution in [0.3, 0.4) is 0 Å². The van der Waals surface area contributed by atoms with Gasteiger partial charge in [-0.25, -0.2) is 0 Å². The topological polar surface area (TPSA) is 75.3 Å². The van der Waals surface area contributed by atoms with Crippen molar-refractivity contribution < 1.29 is 23.1 Å². The number of alkyl halides is 3. The third-order valence-corrected chi connectivity index (χ3v) is 2.28. The second-order valence-electron chi connectivity index (χ2n) is 3.70. The summed E-state index contributed by atoms with van der Waals surface area (Å²) in [6.45, 7) is -0.427. The molecule has 1 rings (SSSR count). The van der Waals surface area contributed by atoms with E-state index in [0.29, 0.717) is 5.56 Å². The van der Waals surface area contributed by atoms with Crippen molar-refractivity contribution in [1.82, 2.24) is 5.32 Å². The van der Waals surface area contributed by atoms with Crippen LogP contribution in [0.4, 0.5) is 13.2 Å². The molecule has 1 amide bonds. The van der Waals surface area contributed by atoms with Gasteiger partial charge in [0, 0.05) is 6.54 Å². The minimum Gasteiger partial charge on any atom is -0.394 e. The SMILES string of the molecule is NC(CO)C(=O)NCc1ccc(C(F)(F)F)cc1. The lowest BCUT2D eigenvalue weighted by Crippen LogP contribution is -2.42. The van der Waals surface area contributed by atoms with E-state index >= 15 is 0 Å². The van der Waals surface area contributed by atoms with Crippen LogP contribution < -0.4 is 11.1 Å². The Hall–Kier alpha value is -1.60. The molecule has 0 bridgehead atoms. The maximum absolute atomic E-state index is 12.3. The van der Waals surface area contributed by atoms with Gasteiger partial charge in [-0.1, -0.05) is 12.1 Å². The molecule has 7 heteroatoms. The standard InChI is InChI=1S/C11H13F3N2O2/c12-11(13,14)8-3-1-7(2-4-8)5-16-10(18)9(15)6-17/h1-4,9,17H,5-6,15H2,(H,16,18). The minimum atomic E-state index is -4.37. The smallest absolute Gasteiger partial charge is 0.394 e. The van der Waals surface area contributed by atoms with Crippen LogP contribution in [0, 0.1) is 0 Å². The number of benzene rings is 1. The van der Waals surface area contributed by atoms with E-state index in [1.54, 1.807) is 0 Å². The number of amides is 1. The molecule has 0 radical (unpaired) electrons. The molecule has 0 aliphatic carbocycles.